The maximum absolute atomic E-state index is 14.6. The number of fused-ring (bicyclic) bond motifs is 1. The Morgan fingerprint density at radius 3 is 2.71 bits per heavy atom. The number of para-hydroxylation sites is 1. The first-order chi connectivity index (χ1) is 14.7. The largest absolute Gasteiger partial charge is 0.493 e. The molecule has 0 saturated heterocycles. The van der Waals surface area contributed by atoms with Gasteiger partial charge in [0.15, 0.2) is 5.96 Å². The molecule has 4 rings (SSSR count). The Bertz CT molecular complexity index is 916. The highest BCUT2D eigenvalue weighted by atomic mass is 19.3. The Morgan fingerprint density at radius 1 is 1.32 bits per heavy atom. The normalized spacial score (nSPS) is 28.3. The van der Waals surface area contributed by atoms with E-state index in [2.05, 4.69) is 10.3 Å². The zero-order valence-corrected chi connectivity index (χ0v) is 17.7. The number of carbonyl (C=O) groups is 2. The highest BCUT2D eigenvalue weighted by Gasteiger charge is 2.72. The number of rotatable bonds is 6. The number of hydrogen-bond acceptors (Lipinski definition) is 5. The molecule has 2 heterocycles. The molecule has 1 aromatic carbocycles. The topological polar surface area (TPSA) is 97.0 Å². The molecule has 0 radical (unpaired) electrons. The summed E-state index contributed by atoms with van der Waals surface area (Å²) in [7, 11) is 0. The maximum atomic E-state index is 14.6. The number of halogens is 2. The Morgan fingerprint density at radius 2 is 2.03 bits per heavy atom. The average Bonchev–Trinajstić information content (AvgIpc) is 3.30. The van der Waals surface area contributed by atoms with E-state index in [1.165, 1.54) is 0 Å². The van der Waals surface area contributed by atoms with Crippen LogP contribution < -0.4 is 15.8 Å². The van der Waals surface area contributed by atoms with Crippen molar-refractivity contribution in [3.05, 3.63) is 29.8 Å². The minimum absolute atomic E-state index is 0.0415. The zero-order chi connectivity index (χ0) is 22.4. The van der Waals surface area contributed by atoms with Crippen LogP contribution in [0, 0.1) is 11.8 Å². The van der Waals surface area contributed by atoms with Gasteiger partial charge >= 0.3 is 0 Å². The van der Waals surface area contributed by atoms with Crippen LogP contribution in [0.1, 0.15) is 51.1 Å². The molecule has 31 heavy (non-hydrogen) atoms. The van der Waals surface area contributed by atoms with Gasteiger partial charge in [-0.2, -0.15) is 0 Å². The van der Waals surface area contributed by atoms with Crippen LogP contribution in [-0.4, -0.2) is 47.3 Å². The van der Waals surface area contributed by atoms with Gasteiger partial charge in [-0.1, -0.05) is 32.0 Å². The molecule has 7 nitrogen and oxygen atoms in total. The molecule has 0 unspecified atom stereocenters. The average molecular weight is 434 g/mol. The van der Waals surface area contributed by atoms with Gasteiger partial charge in [0.1, 0.15) is 11.7 Å². The Hall–Kier alpha value is -2.71. The fraction of sp³-hybridized carbons (Fsp3) is 0.591. The number of hydrogen-bond donors (Lipinski definition) is 2. The molecule has 1 aliphatic carbocycles. The summed E-state index contributed by atoms with van der Waals surface area (Å²) in [6, 6.07) is 6.87. The van der Waals surface area contributed by atoms with Crippen molar-refractivity contribution in [2.75, 3.05) is 13.2 Å². The molecular weight excluding hydrogens is 406 g/mol. The number of benzene rings is 1. The molecule has 0 bridgehead atoms. The number of ether oxygens (including phenoxy) is 1. The second-order valence-electron chi connectivity index (χ2n) is 8.58. The highest BCUT2D eigenvalue weighted by molar-refractivity contribution is 5.99. The van der Waals surface area contributed by atoms with Crippen molar-refractivity contribution in [3.63, 3.8) is 0 Å². The highest BCUT2D eigenvalue weighted by Crippen LogP contribution is 2.56. The van der Waals surface area contributed by atoms with E-state index in [1.807, 2.05) is 32.0 Å². The number of carbonyl (C=O) groups excluding carboxylic acids is 2. The maximum Gasteiger partial charge on any atom is 0.265 e. The minimum atomic E-state index is -3.20. The van der Waals surface area contributed by atoms with Gasteiger partial charge in [0.05, 0.1) is 30.5 Å². The van der Waals surface area contributed by atoms with E-state index in [0.29, 0.717) is 31.6 Å². The summed E-state index contributed by atoms with van der Waals surface area (Å²) in [5.74, 6) is -6.40. The predicted octanol–water partition coefficient (Wildman–Crippen LogP) is 2.61. The number of nitrogens with zero attached hydrogens (tertiary/aromatic N) is 2. The molecule has 168 valence electrons. The van der Waals surface area contributed by atoms with Crippen LogP contribution in [0.5, 0.6) is 5.75 Å². The lowest BCUT2D eigenvalue weighted by atomic mass is 9.88. The molecule has 2 aliphatic heterocycles. The molecule has 1 saturated carbocycles. The van der Waals surface area contributed by atoms with Gasteiger partial charge in [-0.3, -0.25) is 14.5 Å². The van der Waals surface area contributed by atoms with Crippen LogP contribution in [0.4, 0.5) is 8.78 Å². The molecule has 1 aromatic rings. The van der Waals surface area contributed by atoms with Crippen LogP contribution in [0.3, 0.4) is 0 Å². The summed E-state index contributed by atoms with van der Waals surface area (Å²) in [4.78, 5) is 30.9. The van der Waals surface area contributed by atoms with E-state index in [1.54, 1.807) is 6.07 Å². The number of nitrogens with one attached hydrogen (secondary N) is 1. The second-order valence-corrected chi connectivity index (χ2v) is 8.58. The molecule has 1 fully saturated rings. The quantitative estimate of drug-likeness (QED) is 0.719. The fourth-order valence-electron chi connectivity index (χ4n) is 4.63. The third-order valence-electron chi connectivity index (χ3n) is 6.86. The van der Waals surface area contributed by atoms with Gasteiger partial charge in [-0.25, -0.2) is 13.8 Å². The summed E-state index contributed by atoms with van der Waals surface area (Å²) in [5, 5.41) is 2.75. The smallest absolute Gasteiger partial charge is 0.265 e. The van der Waals surface area contributed by atoms with E-state index < -0.39 is 29.2 Å². The van der Waals surface area contributed by atoms with Crippen molar-refractivity contribution in [3.8, 4) is 5.75 Å². The number of nitrogens with two attached hydrogens (primary N) is 1. The third kappa shape index (κ3) is 3.74. The Balaban J connectivity index is 1.45. The van der Waals surface area contributed by atoms with Gasteiger partial charge in [0.2, 0.25) is 11.8 Å². The van der Waals surface area contributed by atoms with Crippen LogP contribution in [0.25, 0.3) is 0 Å². The first-order valence-corrected chi connectivity index (χ1v) is 10.8. The molecule has 2 amide bonds. The van der Waals surface area contributed by atoms with Crippen molar-refractivity contribution in [2.45, 2.75) is 57.0 Å². The van der Waals surface area contributed by atoms with Crippen molar-refractivity contribution >= 4 is 17.8 Å². The van der Waals surface area contributed by atoms with Crippen molar-refractivity contribution in [2.24, 2.45) is 22.6 Å². The summed E-state index contributed by atoms with van der Waals surface area (Å²) in [5.41, 5.74) is 6.19. The van der Waals surface area contributed by atoms with Crippen LogP contribution in [-0.2, 0) is 9.59 Å². The lowest BCUT2D eigenvalue weighted by Crippen LogP contribution is -2.52. The Labute approximate surface area is 180 Å². The molecule has 3 atom stereocenters. The van der Waals surface area contributed by atoms with Gasteiger partial charge in [-0.15, -0.1) is 0 Å². The minimum Gasteiger partial charge on any atom is -0.493 e. The summed E-state index contributed by atoms with van der Waals surface area (Å²) in [6.45, 7) is 3.94. The molecular formula is C22H28F2N4O3. The lowest BCUT2D eigenvalue weighted by Gasteiger charge is -2.36. The van der Waals surface area contributed by atoms with Crippen molar-refractivity contribution in [1.82, 2.24) is 10.2 Å². The molecule has 3 aliphatic rings. The number of amides is 2. The van der Waals surface area contributed by atoms with E-state index in [-0.39, 0.29) is 30.9 Å². The standard InChI is InChI=1S/C22H28F2N4O3/c1-3-21(4-2)11-17(29)28(20(25)27-21)12-14-18(22(14,23)24)19(30)26-15-9-10-31-16-8-6-5-7-13(15)16/h5-8,14-15,18H,3-4,9-12H2,1-2H3,(H2,25,27)(H,26,30)/t14-,15+,18+/m1/s1. The first kappa shape index (κ1) is 21.5. The third-order valence-corrected chi connectivity index (χ3v) is 6.86. The summed E-state index contributed by atoms with van der Waals surface area (Å²) < 4.78 is 34.7. The SMILES string of the molecule is CCC1(CC)CC(=O)N(C[C@@H]2[C@@H](C(=O)N[C@H]3CCOc4ccccc43)C2(F)F)C(N)=N1. The molecule has 0 spiro atoms. The molecule has 0 aromatic heterocycles. The first-order valence-electron chi connectivity index (χ1n) is 10.8. The van der Waals surface area contributed by atoms with Crippen molar-refractivity contribution in [1.29, 1.82) is 0 Å². The molecule has 9 heteroatoms. The monoisotopic (exact) mass is 434 g/mol. The van der Waals surface area contributed by atoms with E-state index in [9.17, 15) is 18.4 Å². The second kappa shape index (κ2) is 7.76. The van der Waals surface area contributed by atoms with Gasteiger partial charge in [0.25, 0.3) is 5.92 Å². The van der Waals surface area contributed by atoms with Crippen molar-refractivity contribution < 1.29 is 23.1 Å². The van der Waals surface area contributed by atoms with E-state index in [4.69, 9.17) is 10.5 Å². The molecule has 3 N–H and O–H groups in total. The van der Waals surface area contributed by atoms with Crippen LogP contribution in [0.15, 0.2) is 29.3 Å². The van der Waals surface area contributed by atoms with Gasteiger partial charge in [0, 0.05) is 18.5 Å². The lowest BCUT2D eigenvalue weighted by molar-refractivity contribution is -0.130. The van der Waals surface area contributed by atoms with Crippen LogP contribution in [0.2, 0.25) is 0 Å². The van der Waals surface area contributed by atoms with Gasteiger partial charge in [-0.05, 0) is 18.9 Å². The number of guanidine groups is 1. The predicted molar refractivity (Wildman–Crippen MR) is 111 cm³/mol. The number of alkyl halides is 2. The van der Waals surface area contributed by atoms with Crippen LogP contribution >= 0.6 is 0 Å². The van der Waals surface area contributed by atoms with E-state index in [0.717, 1.165) is 10.5 Å². The zero-order valence-electron chi connectivity index (χ0n) is 17.7. The number of aliphatic imine (C=N–C) groups is 1. The summed E-state index contributed by atoms with van der Waals surface area (Å²) >= 11 is 0. The fourth-order valence-corrected chi connectivity index (χ4v) is 4.63. The Kier molecular flexibility index (Phi) is 5.39. The van der Waals surface area contributed by atoms with Gasteiger partial charge < -0.3 is 15.8 Å². The summed E-state index contributed by atoms with van der Waals surface area (Å²) in [6.07, 6.45) is 1.92. The van der Waals surface area contributed by atoms with E-state index >= 15 is 0 Å².